The molecular weight excluding hydrogens is 316 g/mol. The minimum atomic E-state index is -0.535. The first-order valence-corrected chi connectivity index (χ1v) is 7.16. The van der Waals surface area contributed by atoms with Crippen LogP contribution in [0.15, 0.2) is 28.8 Å². The van der Waals surface area contributed by atoms with Gasteiger partial charge in [0.1, 0.15) is 0 Å². The molecule has 1 aliphatic heterocycles. The summed E-state index contributed by atoms with van der Waals surface area (Å²) in [5.41, 5.74) is 1.07. The van der Waals surface area contributed by atoms with E-state index in [1.54, 1.807) is 31.2 Å². The van der Waals surface area contributed by atoms with Gasteiger partial charge in [-0.15, -0.1) is 0 Å². The Morgan fingerprint density at radius 1 is 1.33 bits per heavy atom. The van der Waals surface area contributed by atoms with E-state index >= 15 is 0 Å². The van der Waals surface area contributed by atoms with Crippen LogP contribution in [0.3, 0.4) is 0 Å². The van der Waals surface area contributed by atoms with Crippen LogP contribution in [0, 0.1) is 6.92 Å². The van der Waals surface area contributed by atoms with Gasteiger partial charge in [-0.2, -0.15) is 4.98 Å². The number of rotatable bonds is 5. The Morgan fingerprint density at radius 3 is 2.67 bits per heavy atom. The highest BCUT2D eigenvalue weighted by atomic mass is 16.6. The fraction of sp³-hybridized carbons (Fsp3) is 0.267. The van der Waals surface area contributed by atoms with E-state index < -0.39 is 12.0 Å². The molecule has 24 heavy (non-hydrogen) atoms. The number of benzene rings is 1. The molecule has 1 aromatic heterocycles. The maximum Gasteiger partial charge on any atom is 0.338 e. The molecule has 0 spiro atoms. The third kappa shape index (κ3) is 3.40. The molecule has 9 nitrogen and oxygen atoms in total. The lowest BCUT2D eigenvalue weighted by molar-refractivity contribution is -0.125. The molecule has 9 heteroatoms. The van der Waals surface area contributed by atoms with E-state index in [-0.39, 0.29) is 31.5 Å². The van der Waals surface area contributed by atoms with Crippen LogP contribution < -0.4 is 5.32 Å². The molecule has 2 heterocycles. The number of imide groups is 1. The number of carbonyl (C=O) groups excluding carboxylic acids is 3. The highest BCUT2D eigenvalue weighted by Gasteiger charge is 2.28. The number of hydrogen-bond acceptors (Lipinski definition) is 7. The van der Waals surface area contributed by atoms with Crippen LogP contribution in [-0.4, -0.2) is 39.5 Å². The fourth-order valence-corrected chi connectivity index (χ4v) is 2.15. The lowest BCUT2D eigenvalue weighted by Gasteiger charge is -2.12. The molecule has 0 aliphatic carbocycles. The number of hydrogen-bond donors (Lipinski definition) is 1. The van der Waals surface area contributed by atoms with Crippen molar-refractivity contribution in [2.75, 3.05) is 6.54 Å². The van der Waals surface area contributed by atoms with Crippen molar-refractivity contribution in [1.29, 1.82) is 0 Å². The summed E-state index contributed by atoms with van der Waals surface area (Å²) in [6, 6.07) is 6.03. The van der Waals surface area contributed by atoms with Crippen LogP contribution in [0.25, 0.3) is 0 Å². The number of aromatic nitrogens is 2. The van der Waals surface area contributed by atoms with E-state index in [9.17, 15) is 14.4 Å². The smallest absolute Gasteiger partial charge is 0.338 e. The second-order valence-corrected chi connectivity index (χ2v) is 5.15. The predicted octanol–water partition coefficient (Wildman–Crippen LogP) is 0.787. The maximum atomic E-state index is 11.9. The summed E-state index contributed by atoms with van der Waals surface area (Å²) in [6.45, 7) is 1.72. The number of ether oxygens (including phenoxy) is 1. The van der Waals surface area contributed by atoms with Gasteiger partial charge in [0.15, 0.2) is 12.4 Å². The van der Waals surface area contributed by atoms with Gasteiger partial charge in [-0.1, -0.05) is 17.3 Å². The van der Waals surface area contributed by atoms with Crippen LogP contribution in [0.4, 0.5) is 4.79 Å². The number of nitrogens with one attached hydrogen (secondary N) is 1. The van der Waals surface area contributed by atoms with Crippen LogP contribution in [0.5, 0.6) is 0 Å². The van der Waals surface area contributed by atoms with Crippen LogP contribution in [-0.2, 0) is 22.7 Å². The quantitative estimate of drug-likeness (QED) is 0.636. The van der Waals surface area contributed by atoms with E-state index in [1.807, 2.05) is 0 Å². The van der Waals surface area contributed by atoms with E-state index in [0.29, 0.717) is 11.4 Å². The summed E-state index contributed by atoms with van der Waals surface area (Å²) in [4.78, 5) is 40.0. The van der Waals surface area contributed by atoms with Crippen LogP contribution in [0.2, 0.25) is 0 Å². The summed E-state index contributed by atoms with van der Waals surface area (Å²) in [5.74, 6) is -0.132. The average molecular weight is 330 g/mol. The Bertz CT molecular complexity index is 767. The van der Waals surface area contributed by atoms with Gasteiger partial charge >= 0.3 is 12.0 Å². The van der Waals surface area contributed by atoms with Crippen molar-refractivity contribution < 1.29 is 23.6 Å². The molecule has 124 valence electrons. The maximum absolute atomic E-state index is 11.9. The molecule has 3 amide bonds. The molecule has 0 radical (unpaired) electrons. The summed E-state index contributed by atoms with van der Waals surface area (Å²) >= 11 is 0. The number of amides is 3. The predicted molar refractivity (Wildman–Crippen MR) is 78.5 cm³/mol. The molecule has 0 unspecified atom stereocenters. The lowest BCUT2D eigenvalue weighted by atomic mass is 10.1. The van der Waals surface area contributed by atoms with Gasteiger partial charge in [-0.05, 0) is 24.6 Å². The van der Waals surface area contributed by atoms with Crippen molar-refractivity contribution in [3.8, 4) is 0 Å². The number of nitrogens with zero attached hydrogens (tertiary/aromatic N) is 3. The average Bonchev–Trinajstić information content (AvgIpc) is 3.13. The standard InChI is InChI=1S/C15H14N4O5/c1-9-17-12(24-18-9)8-23-14(21)11-4-2-10(3-5-11)7-19-13(20)6-16-15(19)22/h2-5H,6-8H2,1H3,(H,16,22). The van der Waals surface area contributed by atoms with Crippen molar-refractivity contribution in [2.45, 2.75) is 20.1 Å². The largest absolute Gasteiger partial charge is 0.452 e. The molecule has 1 N–H and O–H groups in total. The third-order valence-electron chi connectivity index (χ3n) is 3.36. The molecule has 1 aromatic carbocycles. The normalized spacial score (nSPS) is 14.0. The van der Waals surface area contributed by atoms with Gasteiger partial charge in [-0.3, -0.25) is 9.69 Å². The zero-order valence-corrected chi connectivity index (χ0v) is 12.8. The van der Waals surface area contributed by atoms with Crippen LogP contribution in [0.1, 0.15) is 27.6 Å². The highest BCUT2D eigenvalue weighted by Crippen LogP contribution is 2.12. The second-order valence-electron chi connectivity index (χ2n) is 5.15. The van der Waals surface area contributed by atoms with Gasteiger partial charge < -0.3 is 14.6 Å². The van der Waals surface area contributed by atoms with Gasteiger partial charge in [0.2, 0.25) is 5.91 Å². The molecular formula is C15H14N4O5. The monoisotopic (exact) mass is 330 g/mol. The Morgan fingerprint density at radius 2 is 2.08 bits per heavy atom. The SMILES string of the molecule is Cc1noc(COC(=O)c2ccc(CN3C(=O)CNC3=O)cc2)n1. The van der Waals surface area contributed by atoms with Gasteiger partial charge in [0.25, 0.3) is 5.89 Å². The molecule has 3 rings (SSSR count). The first kappa shape index (κ1) is 15.7. The lowest BCUT2D eigenvalue weighted by Crippen LogP contribution is -2.30. The Kier molecular flexibility index (Phi) is 4.23. The molecule has 1 saturated heterocycles. The van der Waals surface area contributed by atoms with Gasteiger partial charge in [0, 0.05) is 0 Å². The van der Waals surface area contributed by atoms with Crippen molar-refractivity contribution in [3.63, 3.8) is 0 Å². The Balaban J connectivity index is 1.58. The molecule has 1 fully saturated rings. The van der Waals surface area contributed by atoms with E-state index in [1.165, 1.54) is 0 Å². The summed E-state index contributed by atoms with van der Waals surface area (Å²) in [7, 11) is 0. The zero-order valence-electron chi connectivity index (χ0n) is 12.8. The molecule has 0 saturated carbocycles. The zero-order chi connectivity index (χ0) is 17.1. The van der Waals surface area contributed by atoms with E-state index in [0.717, 1.165) is 10.5 Å². The van der Waals surface area contributed by atoms with Crippen LogP contribution >= 0.6 is 0 Å². The molecule has 1 aliphatic rings. The summed E-state index contributed by atoms with van der Waals surface area (Å²) < 4.78 is 9.92. The molecule has 0 bridgehead atoms. The molecule has 2 aromatic rings. The molecule has 0 atom stereocenters. The van der Waals surface area contributed by atoms with Crippen molar-refractivity contribution >= 4 is 17.9 Å². The minimum absolute atomic E-state index is 0.0123. The first-order valence-electron chi connectivity index (χ1n) is 7.16. The van der Waals surface area contributed by atoms with Crippen molar-refractivity contribution in [3.05, 3.63) is 47.1 Å². The number of aryl methyl sites for hydroxylation is 1. The van der Waals surface area contributed by atoms with E-state index in [4.69, 9.17) is 9.26 Å². The third-order valence-corrected chi connectivity index (χ3v) is 3.36. The first-order chi connectivity index (χ1) is 11.5. The fourth-order valence-electron chi connectivity index (χ4n) is 2.15. The van der Waals surface area contributed by atoms with Gasteiger partial charge in [0.05, 0.1) is 18.7 Å². The van der Waals surface area contributed by atoms with Crippen molar-refractivity contribution in [1.82, 2.24) is 20.4 Å². The summed E-state index contributed by atoms with van der Waals surface area (Å²) in [6.07, 6.45) is 0. The number of urea groups is 1. The van der Waals surface area contributed by atoms with Gasteiger partial charge in [-0.25, -0.2) is 9.59 Å². The topological polar surface area (TPSA) is 115 Å². The second kappa shape index (κ2) is 6.49. The highest BCUT2D eigenvalue weighted by molar-refractivity contribution is 6.01. The van der Waals surface area contributed by atoms with Crippen molar-refractivity contribution in [2.24, 2.45) is 0 Å². The number of esters is 1. The Hall–Kier alpha value is -3.23. The Labute approximate surface area is 136 Å². The number of carbonyl (C=O) groups is 3. The summed E-state index contributed by atoms with van der Waals surface area (Å²) in [5, 5.41) is 6.04. The minimum Gasteiger partial charge on any atom is -0.452 e. The van der Waals surface area contributed by atoms with E-state index in [2.05, 4.69) is 15.5 Å².